The van der Waals surface area contributed by atoms with Crippen LogP contribution in [0.5, 0.6) is 0 Å². The minimum absolute atomic E-state index is 0.326. The molecule has 2 aliphatic rings. The molecule has 5 nitrogen and oxygen atoms in total. The Hall–Kier alpha value is -2.15. The molecule has 0 amide bonds. The second-order valence-corrected chi connectivity index (χ2v) is 9.21. The molecule has 6 heteroatoms. The summed E-state index contributed by atoms with van der Waals surface area (Å²) in [5, 5.41) is 3.51. The van der Waals surface area contributed by atoms with Crippen molar-refractivity contribution < 1.29 is 9.31 Å². The topological polar surface area (TPSA) is 59.2 Å². The van der Waals surface area contributed by atoms with Crippen molar-refractivity contribution in [2.45, 2.75) is 57.8 Å². The number of aromatic nitrogens is 2. The Bertz CT molecular complexity index is 1020. The molecule has 2 saturated heterocycles. The fourth-order valence-electron chi connectivity index (χ4n) is 4.10. The van der Waals surface area contributed by atoms with Crippen molar-refractivity contribution in [3.63, 3.8) is 0 Å². The van der Waals surface area contributed by atoms with Gasteiger partial charge in [0, 0.05) is 0 Å². The van der Waals surface area contributed by atoms with Crippen molar-refractivity contribution >= 4 is 23.6 Å². The molecule has 2 N–H and O–H groups in total. The lowest BCUT2D eigenvalue weighted by Gasteiger charge is -2.32. The number of hydrogen-bond donors (Lipinski definition) is 2. The molecular weight excluding hydrogens is 361 g/mol. The number of nitrogens with one attached hydrogen (secondary N) is 2. The van der Waals surface area contributed by atoms with Crippen molar-refractivity contribution in [1.29, 1.82) is 0 Å². The number of nitrogens with zero attached hydrogens (tertiary/aromatic N) is 1. The summed E-state index contributed by atoms with van der Waals surface area (Å²) in [4.78, 5) is 8.28. The molecule has 29 heavy (non-hydrogen) atoms. The van der Waals surface area contributed by atoms with E-state index in [-0.39, 0.29) is 18.3 Å². The predicted molar refractivity (Wildman–Crippen MR) is 117 cm³/mol. The summed E-state index contributed by atoms with van der Waals surface area (Å²) in [7, 11) is -0.328. The second-order valence-electron chi connectivity index (χ2n) is 9.21. The Morgan fingerprint density at radius 2 is 1.66 bits per heavy atom. The van der Waals surface area contributed by atoms with Gasteiger partial charge in [0.1, 0.15) is 5.82 Å². The molecular formula is C23H28BN3O2. The number of fused-ring (bicyclic) bond motifs is 1. The second kappa shape index (κ2) is 6.69. The van der Waals surface area contributed by atoms with E-state index >= 15 is 0 Å². The van der Waals surface area contributed by atoms with Crippen molar-refractivity contribution in [2.24, 2.45) is 0 Å². The third-order valence-electron chi connectivity index (χ3n) is 6.66. The van der Waals surface area contributed by atoms with E-state index in [2.05, 4.69) is 80.5 Å². The van der Waals surface area contributed by atoms with E-state index in [0.29, 0.717) is 6.04 Å². The van der Waals surface area contributed by atoms with Gasteiger partial charge in [0.25, 0.3) is 0 Å². The molecule has 0 radical (unpaired) electrons. The minimum atomic E-state index is -0.328. The molecule has 5 rings (SSSR count). The maximum atomic E-state index is 6.16. The molecule has 0 unspecified atom stereocenters. The van der Waals surface area contributed by atoms with Crippen LogP contribution in [0.15, 0.2) is 42.5 Å². The number of benzene rings is 2. The zero-order valence-corrected chi connectivity index (χ0v) is 17.6. The van der Waals surface area contributed by atoms with E-state index in [1.54, 1.807) is 0 Å². The fourth-order valence-corrected chi connectivity index (χ4v) is 4.10. The molecule has 0 spiro atoms. The lowest BCUT2D eigenvalue weighted by molar-refractivity contribution is 0.00578. The molecule has 3 aromatic rings. The maximum Gasteiger partial charge on any atom is 0.494 e. The first-order valence-corrected chi connectivity index (χ1v) is 10.5. The average Bonchev–Trinajstić information content (AvgIpc) is 3.39. The van der Waals surface area contributed by atoms with Gasteiger partial charge in [0.05, 0.1) is 28.3 Å². The molecule has 2 fully saturated rings. The van der Waals surface area contributed by atoms with Crippen LogP contribution in [0.1, 0.15) is 52.4 Å². The maximum absolute atomic E-state index is 6.16. The van der Waals surface area contributed by atoms with E-state index in [1.807, 2.05) is 0 Å². The monoisotopic (exact) mass is 389 g/mol. The van der Waals surface area contributed by atoms with Crippen LogP contribution >= 0.6 is 0 Å². The highest BCUT2D eigenvalue weighted by molar-refractivity contribution is 6.62. The Morgan fingerprint density at radius 3 is 2.31 bits per heavy atom. The van der Waals surface area contributed by atoms with Crippen LogP contribution in [0.3, 0.4) is 0 Å². The van der Waals surface area contributed by atoms with Crippen LogP contribution in [0.25, 0.3) is 22.2 Å². The Morgan fingerprint density at radius 1 is 0.966 bits per heavy atom. The summed E-state index contributed by atoms with van der Waals surface area (Å²) in [6, 6.07) is 15.2. The van der Waals surface area contributed by atoms with Gasteiger partial charge in [-0.25, -0.2) is 4.98 Å². The first kappa shape index (κ1) is 18.9. The number of H-pyrrole nitrogens is 1. The quantitative estimate of drug-likeness (QED) is 0.666. The summed E-state index contributed by atoms with van der Waals surface area (Å²) in [5.41, 5.74) is 4.84. The number of aromatic amines is 1. The Labute approximate surface area is 172 Å². The van der Waals surface area contributed by atoms with Crippen molar-refractivity contribution in [3.05, 3.63) is 48.3 Å². The third-order valence-corrected chi connectivity index (χ3v) is 6.66. The standard InChI is InChI=1S/C23H28BN3O2/c1-22(2)23(3,4)29-24(28-22)17-10-7-15(8-11-17)16-9-12-18-20(14-16)27-21(26-18)19-6-5-13-25-19/h7-12,14,19,25H,5-6,13H2,1-4H3,(H,26,27)/t19-/m0/s1. The van der Waals surface area contributed by atoms with Gasteiger partial charge in [-0.2, -0.15) is 0 Å². The van der Waals surface area contributed by atoms with Crippen molar-refractivity contribution in [1.82, 2.24) is 15.3 Å². The van der Waals surface area contributed by atoms with Gasteiger partial charge in [-0.05, 0) is 75.8 Å². The molecule has 2 aliphatic heterocycles. The van der Waals surface area contributed by atoms with Gasteiger partial charge in [0.2, 0.25) is 0 Å². The van der Waals surface area contributed by atoms with Crippen molar-refractivity contribution in [3.8, 4) is 11.1 Å². The summed E-state index contributed by atoms with van der Waals surface area (Å²) < 4.78 is 12.3. The number of hydrogen-bond acceptors (Lipinski definition) is 4. The lowest BCUT2D eigenvalue weighted by Crippen LogP contribution is -2.41. The van der Waals surface area contributed by atoms with Crippen LogP contribution in [0, 0.1) is 0 Å². The first-order chi connectivity index (χ1) is 13.8. The van der Waals surface area contributed by atoms with Crippen LogP contribution in [0.2, 0.25) is 0 Å². The molecule has 0 aliphatic carbocycles. The molecule has 0 saturated carbocycles. The summed E-state index contributed by atoms with van der Waals surface area (Å²) in [6.07, 6.45) is 2.36. The van der Waals surface area contributed by atoms with E-state index in [1.165, 1.54) is 17.5 Å². The van der Waals surface area contributed by atoms with Gasteiger partial charge in [-0.3, -0.25) is 0 Å². The molecule has 3 heterocycles. The Balaban J connectivity index is 1.39. The molecule has 150 valence electrons. The smallest absolute Gasteiger partial charge is 0.399 e. The Kier molecular flexibility index (Phi) is 4.35. The molecule has 1 aromatic heterocycles. The van der Waals surface area contributed by atoms with Crippen LogP contribution in [-0.2, 0) is 9.31 Å². The highest BCUT2D eigenvalue weighted by atomic mass is 16.7. The van der Waals surface area contributed by atoms with E-state index < -0.39 is 0 Å². The van der Waals surface area contributed by atoms with E-state index in [9.17, 15) is 0 Å². The zero-order chi connectivity index (χ0) is 20.2. The summed E-state index contributed by atoms with van der Waals surface area (Å²) in [5.74, 6) is 1.05. The van der Waals surface area contributed by atoms with Crippen molar-refractivity contribution in [2.75, 3.05) is 6.54 Å². The predicted octanol–water partition coefficient (Wildman–Crippen LogP) is 3.95. The largest absolute Gasteiger partial charge is 0.494 e. The van der Waals surface area contributed by atoms with E-state index in [0.717, 1.165) is 35.3 Å². The van der Waals surface area contributed by atoms with Crippen LogP contribution in [0.4, 0.5) is 0 Å². The SMILES string of the molecule is CC1(C)OB(c2ccc(-c3ccc4nc([C@@H]5CCCN5)[nH]c4c3)cc2)OC1(C)C. The zero-order valence-electron chi connectivity index (χ0n) is 17.6. The van der Waals surface area contributed by atoms with Crippen LogP contribution in [-0.4, -0.2) is 34.8 Å². The minimum Gasteiger partial charge on any atom is -0.399 e. The van der Waals surface area contributed by atoms with Gasteiger partial charge < -0.3 is 19.6 Å². The van der Waals surface area contributed by atoms with Gasteiger partial charge in [-0.1, -0.05) is 30.3 Å². The lowest BCUT2D eigenvalue weighted by atomic mass is 9.78. The summed E-state index contributed by atoms with van der Waals surface area (Å²) in [6.45, 7) is 9.39. The number of rotatable bonds is 3. The molecule has 1 atom stereocenters. The van der Waals surface area contributed by atoms with Gasteiger partial charge in [0.15, 0.2) is 0 Å². The first-order valence-electron chi connectivity index (χ1n) is 10.5. The fraction of sp³-hybridized carbons (Fsp3) is 0.435. The molecule has 2 aromatic carbocycles. The highest BCUT2D eigenvalue weighted by Gasteiger charge is 2.51. The highest BCUT2D eigenvalue weighted by Crippen LogP contribution is 2.36. The third kappa shape index (κ3) is 3.29. The normalized spacial score (nSPS) is 23.2. The van der Waals surface area contributed by atoms with Gasteiger partial charge >= 0.3 is 7.12 Å². The summed E-state index contributed by atoms with van der Waals surface area (Å²) >= 11 is 0. The van der Waals surface area contributed by atoms with Gasteiger partial charge in [-0.15, -0.1) is 0 Å². The average molecular weight is 389 g/mol. The number of imidazole rings is 1. The van der Waals surface area contributed by atoms with Crippen LogP contribution < -0.4 is 10.8 Å². The van der Waals surface area contributed by atoms with E-state index in [4.69, 9.17) is 14.3 Å². The molecule has 0 bridgehead atoms.